The summed E-state index contributed by atoms with van der Waals surface area (Å²) in [4.78, 5) is 42.7. The fourth-order valence-corrected chi connectivity index (χ4v) is 3.92. The van der Waals surface area contributed by atoms with E-state index in [4.69, 9.17) is 4.74 Å². The van der Waals surface area contributed by atoms with Gasteiger partial charge >= 0.3 is 0 Å². The van der Waals surface area contributed by atoms with Crippen LogP contribution >= 0.6 is 23.7 Å². The van der Waals surface area contributed by atoms with Gasteiger partial charge in [-0.3, -0.25) is 24.6 Å². The third-order valence-electron chi connectivity index (χ3n) is 4.71. The molecule has 2 aromatic rings. The minimum atomic E-state index is -0.400. The van der Waals surface area contributed by atoms with E-state index < -0.39 is 5.91 Å². The lowest BCUT2D eigenvalue weighted by atomic mass is 10.1. The molecule has 9 nitrogen and oxygen atoms in total. The van der Waals surface area contributed by atoms with Gasteiger partial charge in [-0.25, -0.2) is 4.98 Å². The van der Waals surface area contributed by atoms with E-state index in [1.165, 1.54) is 31.4 Å². The lowest BCUT2D eigenvalue weighted by Crippen LogP contribution is -2.42. The second kappa shape index (κ2) is 13.1. The van der Waals surface area contributed by atoms with E-state index in [9.17, 15) is 14.4 Å². The first-order chi connectivity index (χ1) is 15.1. The standard InChI is InChI=1S/C22H31N5O4S.ClH/c1-13(2)27(14(3)4)10-9-23-21(30)18-12-32-22(25-18)26-20(29)16-7-8-17(24-15(5)28)19(11-16)31-6;/h7-8,11-14H,9-10H2,1-6H3,(H,23,30)(H,24,28)(H,25,26,29);1H. The number of thiazole rings is 1. The van der Waals surface area contributed by atoms with Crippen LogP contribution in [0.3, 0.4) is 0 Å². The maximum atomic E-state index is 12.6. The van der Waals surface area contributed by atoms with E-state index in [1.54, 1.807) is 17.5 Å². The Balaban J connectivity index is 0.00000544. The van der Waals surface area contributed by atoms with Crippen molar-refractivity contribution in [3.8, 4) is 5.75 Å². The zero-order valence-electron chi connectivity index (χ0n) is 19.7. The molecule has 1 aromatic carbocycles. The summed E-state index contributed by atoms with van der Waals surface area (Å²) in [6, 6.07) is 5.46. The fraction of sp³-hybridized carbons (Fsp3) is 0.455. The number of rotatable bonds is 10. The number of carbonyl (C=O) groups excluding carboxylic acids is 3. The van der Waals surface area contributed by atoms with Crippen LogP contribution in [0.25, 0.3) is 0 Å². The van der Waals surface area contributed by atoms with Gasteiger partial charge in [0.15, 0.2) is 5.13 Å². The average Bonchev–Trinajstić information content (AvgIpc) is 3.18. The van der Waals surface area contributed by atoms with Crippen LogP contribution in [0.15, 0.2) is 23.6 Å². The topological polar surface area (TPSA) is 113 Å². The predicted octanol–water partition coefficient (Wildman–Crippen LogP) is 3.63. The molecule has 3 N–H and O–H groups in total. The highest BCUT2D eigenvalue weighted by molar-refractivity contribution is 7.14. The molecule has 0 bridgehead atoms. The number of halogens is 1. The summed E-state index contributed by atoms with van der Waals surface area (Å²) < 4.78 is 5.24. The number of benzene rings is 1. The first-order valence-corrected chi connectivity index (χ1v) is 11.3. The normalized spacial score (nSPS) is 10.7. The molecule has 0 atom stereocenters. The number of anilines is 2. The summed E-state index contributed by atoms with van der Waals surface area (Å²) in [5, 5.41) is 10.1. The van der Waals surface area contributed by atoms with Crippen molar-refractivity contribution in [3.05, 3.63) is 34.8 Å². The zero-order valence-corrected chi connectivity index (χ0v) is 21.4. The molecule has 2 rings (SSSR count). The van der Waals surface area contributed by atoms with Crippen molar-refractivity contribution in [2.24, 2.45) is 0 Å². The molecular weight excluding hydrogens is 466 g/mol. The Kier molecular flexibility index (Phi) is 11.3. The van der Waals surface area contributed by atoms with Gasteiger partial charge in [0.25, 0.3) is 11.8 Å². The van der Waals surface area contributed by atoms with Crippen molar-refractivity contribution in [2.45, 2.75) is 46.7 Å². The predicted molar refractivity (Wildman–Crippen MR) is 134 cm³/mol. The number of aromatic nitrogens is 1. The first-order valence-electron chi connectivity index (χ1n) is 10.4. The molecule has 0 aliphatic heterocycles. The van der Waals surface area contributed by atoms with Gasteiger partial charge in [-0.2, -0.15) is 0 Å². The highest BCUT2D eigenvalue weighted by Crippen LogP contribution is 2.26. The fourth-order valence-electron chi connectivity index (χ4n) is 3.23. The maximum absolute atomic E-state index is 12.6. The molecule has 33 heavy (non-hydrogen) atoms. The second-order valence-electron chi connectivity index (χ2n) is 7.77. The van der Waals surface area contributed by atoms with E-state index in [0.29, 0.717) is 40.8 Å². The zero-order chi connectivity index (χ0) is 23.8. The lowest BCUT2D eigenvalue weighted by molar-refractivity contribution is -0.114. The largest absolute Gasteiger partial charge is 0.495 e. The summed E-state index contributed by atoms with van der Waals surface area (Å²) in [5.41, 5.74) is 1.06. The molecule has 0 fully saturated rings. The summed E-state index contributed by atoms with van der Waals surface area (Å²) >= 11 is 1.17. The van der Waals surface area contributed by atoms with Gasteiger partial charge in [-0.15, -0.1) is 23.7 Å². The number of methoxy groups -OCH3 is 1. The average molecular weight is 498 g/mol. The molecule has 3 amide bonds. The Hall–Kier alpha value is -2.69. The van der Waals surface area contributed by atoms with Crippen LogP contribution < -0.4 is 20.7 Å². The minimum Gasteiger partial charge on any atom is -0.495 e. The van der Waals surface area contributed by atoms with Crippen LogP contribution in [0.5, 0.6) is 5.75 Å². The number of nitrogens with one attached hydrogen (secondary N) is 3. The maximum Gasteiger partial charge on any atom is 0.270 e. The molecule has 0 spiro atoms. The number of carbonyl (C=O) groups is 3. The summed E-state index contributed by atoms with van der Waals surface area (Å²) in [6.07, 6.45) is 0. The molecule has 0 aliphatic rings. The quantitative estimate of drug-likeness (QED) is 0.462. The first kappa shape index (κ1) is 28.3. The molecule has 1 aromatic heterocycles. The minimum absolute atomic E-state index is 0. The van der Waals surface area contributed by atoms with Crippen LogP contribution in [0.2, 0.25) is 0 Å². The van der Waals surface area contributed by atoms with E-state index in [-0.39, 0.29) is 29.9 Å². The van der Waals surface area contributed by atoms with Crippen LogP contribution in [0.1, 0.15) is 55.5 Å². The molecular formula is C22H32ClN5O4S. The highest BCUT2D eigenvalue weighted by atomic mass is 35.5. The molecule has 11 heteroatoms. The van der Waals surface area contributed by atoms with Crippen molar-refractivity contribution in [3.63, 3.8) is 0 Å². The Morgan fingerprint density at radius 3 is 2.33 bits per heavy atom. The van der Waals surface area contributed by atoms with Crippen LogP contribution in [0, 0.1) is 0 Å². The van der Waals surface area contributed by atoms with E-state index in [0.717, 1.165) is 6.54 Å². The van der Waals surface area contributed by atoms with Gasteiger partial charge < -0.3 is 15.4 Å². The molecule has 182 valence electrons. The van der Waals surface area contributed by atoms with Gasteiger partial charge in [-0.1, -0.05) is 0 Å². The Labute approximate surface area is 204 Å². The number of amides is 3. The number of ether oxygens (including phenoxy) is 1. The van der Waals surface area contributed by atoms with Gasteiger partial charge in [0, 0.05) is 43.0 Å². The van der Waals surface area contributed by atoms with Crippen LogP contribution in [-0.2, 0) is 4.79 Å². The molecule has 0 radical (unpaired) electrons. The number of nitrogens with zero attached hydrogens (tertiary/aromatic N) is 2. The third kappa shape index (κ3) is 8.30. The van der Waals surface area contributed by atoms with Crippen molar-refractivity contribution in [1.82, 2.24) is 15.2 Å². The molecule has 0 saturated heterocycles. The lowest BCUT2D eigenvalue weighted by Gasteiger charge is -2.30. The van der Waals surface area contributed by atoms with Crippen molar-refractivity contribution in [1.29, 1.82) is 0 Å². The van der Waals surface area contributed by atoms with E-state index in [2.05, 4.69) is 53.5 Å². The van der Waals surface area contributed by atoms with Crippen molar-refractivity contribution in [2.75, 3.05) is 30.8 Å². The van der Waals surface area contributed by atoms with Gasteiger partial charge in [-0.05, 0) is 45.9 Å². The second-order valence-corrected chi connectivity index (χ2v) is 8.63. The van der Waals surface area contributed by atoms with Gasteiger partial charge in [0.2, 0.25) is 5.91 Å². The van der Waals surface area contributed by atoms with E-state index in [1.807, 2.05) is 0 Å². The smallest absolute Gasteiger partial charge is 0.270 e. The van der Waals surface area contributed by atoms with Crippen LogP contribution in [-0.4, -0.2) is 59.9 Å². The Morgan fingerprint density at radius 2 is 1.76 bits per heavy atom. The SMILES string of the molecule is COc1cc(C(=O)Nc2nc(C(=O)NCCN(C(C)C)C(C)C)cs2)ccc1NC(C)=O.Cl. The third-order valence-corrected chi connectivity index (χ3v) is 5.47. The molecule has 0 aliphatic carbocycles. The van der Waals surface area contributed by atoms with Crippen molar-refractivity contribution >= 4 is 52.3 Å². The Morgan fingerprint density at radius 1 is 1.09 bits per heavy atom. The Bertz CT molecular complexity index is 956. The summed E-state index contributed by atoms with van der Waals surface area (Å²) in [6.45, 7) is 11.1. The number of hydrogen-bond acceptors (Lipinski definition) is 7. The van der Waals surface area contributed by atoms with Crippen LogP contribution in [0.4, 0.5) is 10.8 Å². The van der Waals surface area contributed by atoms with Crippen molar-refractivity contribution < 1.29 is 19.1 Å². The summed E-state index contributed by atoms with van der Waals surface area (Å²) in [5.74, 6) is -0.557. The summed E-state index contributed by atoms with van der Waals surface area (Å²) in [7, 11) is 1.45. The van der Waals surface area contributed by atoms with E-state index >= 15 is 0 Å². The number of hydrogen-bond donors (Lipinski definition) is 3. The highest BCUT2D eigenvalue weighted by Gasteiger charge is 2.17. The van der Waals surface area contributed by atoms with Gasteiger partial charge in [0.1, 0.15) is 11.4 Å². The van der Waals surface area contributed by atoms with Gasteiger partial charge in [0.05, 0.1) is 12.8 Å². The monoisotopic (exact) mass is 497 g/mol. The molecule has 0 unspecified atom stereocenters. The molecule has 1 heterocycles. The molecule has 0 saturated carbocycles.